The van der Waals surface area contributed by atoms with E-state index < -0.39 is 11.5 Å². The van der Waals surface area contributed by atoms with Crippen LogP contribution in [0.25, 0.3) is 0 Å². The average molecular weight is 355 g/mol. The van der Waals surface area contributed by atoms with Crippen molar-refractivity contribution in [1.82, 2.24) is 0 Å². The highest BCUT2D eigenvalue weighted by Gasteiger charge is 2.41. The summed E-state index contributed by atoms with van der Waals surface area (Å²) >= 11 is 6.35. The Labute approximate surface area is 149 Å². The van der Waals surface area contributed by atoms with Crippen molar-refractivity contribution in [1.29, 1.82) is 0 Å². The SMILES string of the molecule is Cc1cc(Cl)c(CC2OCC(C)(C)C2=O)cc1OCC(C)(C)CO. The van der Waals surface area contributed by atoms with E-state index in [1.807, 2.05) is 46.8 Å². The van der Waals surface area contributed by atoms with Crippen LogP contribution in [-0.2, 0) is 16.0 Å². The van der Waals surface area contributed by atoms with Crippen LogP contribution in [0.4, 0.5) is 0 Å². The van der Waals surface area contributed by atoms with Crippen LogP contribution in [-0.4, -0.2) is 36.8 Å². The number of ketones is 1. The number of hydrogen-bond acceptors (Lipinski definition) is 4. The molecule has 0 saturated carbocycles. The molecule has 1 saturated heterocycles. The van der Waals surface area contributed by atoms with Gasteiger partial charge in [-0.3, -0.25) is 4.79 Å². The number of benzene rings is 1. The fourth-order valence-corrected chi connectivity index (χ4v) is 2.86. The van der Waals surface area contributed by atoms with Crippen LogP contribution < -0.4 is 4.74 Å². The summed E-state index contributed by atoms with van der Waals surface area (Å²) in [6.45, 7) is 10.5. The van der Waals surface area contributed by atoms with Crippen LogP contribution in [0, 0.1) is 17.8 Å². The molecule has 0 radical (unpaired) electrons. The molecule has 1 unspecified atom stereocenters. The topological polar surface area (TPSA) is 55.8 Å². The molecule has 1 heterocycles. The number of aryl methyl sites for hydroxylation is 1. The number of rotatable bonds is 6. The van der Waals surface area contributed by atoms with Crippen molar-refractivity contribution in [3.05, 3.63) is 28.3 Å². The quantitative estimate of drug-likeness (QED) is 0.848. The van der Waals surface area contributed by atoms with Gasteiger partial charge in [-0.15, -0.1) is 0 Å². The molecule has 1 atom stereocenters. The number of carbonyl (C=O) groups excluding carboxylic acids is 1. The van der Waals surface area contributed by atoms with Crippen LogP contribution in [0.5, 0.6) is 5.75 Å². The van der Waals surface area contributed by atoms with Gasteiger partial charge in [0.1, 0.15) is 11.9 Å². The Morgan fingerprint density at radius 3 is 2.62 bits per heavy atom. The molecular formula is C19H27ClO4. The Morgan fingerprint density at radius 2 is 2.08 bits per heavy atom. The van der Waals surface area contributed by atoms with Crippen molar-refractivity contribution in [2.24, 2.45) is 10.8 Å². The van der Waals surface area contributed by atoms with Gasteiger partial charge >= 0.3 is 0 Å². The minimum absolute atomic E-state index is 0.0476. The van der Waals surface area contributed by atoms with Crippen LogP contribution in [0.15, 0.2) is 12.1 Å². The van der Waals surface area contributed by atoms with Gasteiger partial charge in [0, 0.05) is 22.3 Å². The third kappa shape index (κ3) is 4.29. The van der Waals surface area contributed by atoms with Gasteiger partial charge in [-0.2, -0.15) is 0 Å². The average Bonchev–Trinajstić information content (AvgIpc) is 2.75. The van der Waals surface area contributed by atoms with Gasteiger partial charge in [0.05, 0.1) is 19.8 Å². The maximum atomic E-state index is 12.4. The Kier molecular flexibility index (Phi) is 5.63. The zero-order chi connectivity index (χ0) is 18.1. The van der Waals surface area contributed by atoms with E-state index in [1.165, 1.54) is 0 Å². The lowest BCUT2D eigenvalue weighted by molar-refractivity contribution is -0.126. The number of hydrogen-bond donors (Lipinski definition) is 1. The first-order chi connectivity index (χ1) is 11.1. The molecule has 1 aromatic carbocycles. The van der Waals surface area contributed by atoms with E-state index in [4.69, 9.17) is 21.1 Å². The van der Waals surface area contributed by atoms with E-state index in [2.05, 4.69) is 0 Å². The van der Waals surface area contributed by atoms with Crippen LogP contribution in [0.1, 0.15) is 38.8 Å². The molecule has 0 aromatic heterocycles. The number of Topliss-reactive ketones (excluding diaryl/α,β-unsaturated/α-hetero) is 1. The Morgan fingerprint density at radius 1 is 1.42 bits per heavy atom. The Bertz CT molecular complexity index is 622. The van der Waals surface area contributed by atoms with E-state index in [0.29, 0.717) is 24.7 Å². The summed E-state index contributed by atoms with van der Waals surface area (Å²) in [6.07, 6.45) is -0.0110. The van der Waals surface area contributed by atoms with E-state index >= 15 is 0 Å². The number of halogens is 1. The van der Waals surface area contributed by atoms with Crippen molar-refractivity contribution >= 4 is 17.4 Å². The maximum Gasteiger partial charge on any atom is 0.169 e. The van der Waals surface area contributed by atoms with Crippen molar-refractivity contribution in [3.8, 4) is 5.75 Å². The third-order valence-corrected chi connectivity index (χ3v) is 4.75. The summed E-state index contributed by atoms with van der Waals surface area (Å²) in [7, 11) is 0. The Balaban J connectivity index is 2.16. The maximum absolute atomic E-state index is 12.4. The molecule has 2 rings (SSSR count). The minimum Gasteiger partial charge on any atom is -0.493 e. The molecular weight excluding hydrogens is 328 g/mol. The fraction of sp³-hybridized carbons (Fsp3) is 0.632. The molecule has 5 heteroatoms. The highest BCUT2D eigenvalue weighted by atomic mass is 35.5. The lowest BCUT2D eigenvalue weighted by Crippen LogP contribution is -2.28. The molecule has 1 aliphatic heterocycles. The summed E-state index contributed by atoms with van der Waals surface area (Å²) in [5.74, 6) is 0.837. The van der Waals surface area contributed by atoms with Gasteiger partial charge in [-0.05, 0) is 30.2 Å². The van der Waals surface area contributed by atoms with Crippen LogP contribution >= 0.6 is 11.6 Å². The summed E-state index contributed by atoms with van der Waals surface area (Å²) in [5, 5.41) is 9.97. The van der Waals surface area contributed by atoms with E-state index in [9.17, 15) is 9.90 Å². The smallest absolute Gasteiger partial charge is 0.169 e. The third-order valence-electron chi connectivity index (χ3n) is 4.40. The highest BCUT2D eigenvalue weighted by molar-refractivity contribution is 6.31. The van der Waals surface area contributed by atoms with Gasteiger partial charge in [0.15, 0.2) is 5.78 Å². The molecule has 0 aliphatic carbocycles. The van der Waals surface area contributed by atoms with Gasteiger partial charge < -0.3 is 14.6 Å². The van der Waals surface area contributed by atoms with E-state index in [0.717, 1.165) is 16.9 Å². The van der Waals surface area contributed by atoms with Crippen molar-refractivity contribution in [3.63, 3.8) is 0 Å². The largest absolute Gasteiger partial charge is 0.493 e. The molecule has 1 fully saturated rings. The minimum atomic E-state index is -0.457. The van der Waals surface area contributed by atoms with E-state index in [1.54, 1.807) is 0 Å². The lowest BCUT2D eigenvalue weighted by atomic mass is 9.87. The molecule has 0 amide bonds. The number of aliphatic hydroxyl groups is 1. The molecule has 1 N–H and O–H groups in total. The number of aliphatic hydroxyl groups excluding tert-OH is 1. The number of ether oxygens (including phenoxy) is 2. The molecule has 0 spiro atoms. The van der Waals surface area contributed by atoms with Gasteiger partial charge in [-0.1, -0.05) is 39.3 Å². The van der Waals surface area contributed by atoms with Crippen LogP contribution in [0.3, 0.4) is 0 Å². The van der Waals surface area contributed by atoms with E-state index in [-0.39, 0.29) is 17.8 Å². The lowest BCUT2D eigenvalue weighted by Gasteiger charge is -2.23. The van der Waals surface area contributed by atoms with Crippen molar-refractivity contribution in [2.75, 3.05) is 19.8 Å². The second kappa shape index (κ2) is 7.03. The first-order valence-electron chi connectivity index (χ1n) is 8.24. The summed E-state index contributed by atoms with van der Waals surface area (Å²) in [5.41, 5.74) is 1.01. The second-order valence-electron chi connectivity index (χ2n) is 8.07. The summed E-state index contributed by atoms with van der Waals surface area (Å²) < 4.78 is 11.5. The Hall–Kier alpha value is -1.10. The standard InChI is InChI=1S/C19H27ClO4/c1-12-6-14(20)13(7-15(12)23-10-18(2,3)9-21)8-16-17(22)19(4,5)11-24-16/h6-7,16,21H,8-11H2,1-5H3. The summed E-state index contributed by atoms with van der Waals surface area (Å²) in [6, 6.07) is 3.73. The first kappa shape index (κ1) is 19.2. The van der Waals surface area contributed by atoms with Crippen molar-refractivity contribution < 1.29 is 19.4 Å². The predicted molar refractivity (Wildman–Crippen MR) is 94.8 cm³/mol. The first-order valence-corrected chi connectivity index (χ1v) is 8.62. The normalized spacial score (nSPS) is 20.5. The highest BCUT2D eigenvalue weighted by Crippen LogP contribution is 2.33. The van der Waals surface area contributed by atoms with Crippen LogP contribution in [0.2, 0.25) is 5.02 Å². The zero-order valence-electron chi connectivity index (χ0n) is 15.1. The molecule has 0 bridgehead atoms. The molecule has 4 nitrogen and oxygen atoms in total. The van der Waals surface area contributed by atoms with Gasteiger partial charge in [-0.25, -0.2) is 0 Å². The summed E-state index contributed by atoms with van der Waals surface area (Å²) in [4.78, 5) is 12.4. The molecule has 1 aliphatic rings. The second-order valence-corrected chi connectivity index (χ2v) is 8.48. The number of carbonyl (C=O) groups is 1. The van der Waals surface area contributed by atoms with Gasteiger partial charge in [0.2, 0.25) is 0 Å². The molecule has 1 aromatic rings. The molecule has 24 heavy (non-hydrogen) atoms. The monoisotopic (exact) mass is 354 g/mol. The molecule has 134 valence electrons. The van der Waals surface area contributed by atoms with Gasteiger partial charge in [0.25, 0.3) is 0 Å². The van der Waals surface area contributed by atoms with Crippen molar-refractivity contribution in [2.45, 2.75) is 47.1 Å². The predicted octanol–water partition coefficient (Wildman–Crippen LogP) is 3.58. The zero-order valence-corrected chi connectivity index (χ0v) is 15.9. The fourth-order valence-electron chi connectivity index (χ4n) is 2.57.